The standard InChI is InChI=1S/C15H22ClFN2/c1-10-5-11(2)9-19(8-10)15(7-18)12-3-4-13(16)14(17)6-12/h3-4,6,10-11,15H,5,7-9,18H2,1-2H3. The lowest BCUT2D eigenvalue weighted by Gasteiger charge is -2.40. The summed E-state index contributed by atoms with van der Waals surface area (Å²) in [6.45, 7) is 7.07. The van der Waals surface area contributed by atoms with Crippen LogP contribution in [0.4, 0.5) is 4.39 Å². The van der Waals surface area contributed by atoms with Crippen molar-refractivity contribution in [2.45, 2.75) is 26.3 Å². The van der Waals surface area contributed by atoms with Crippen molar-refractivity contribution < 1.29 is 4.39 Å². The topological polar surface area (TPSA) is 29.3 Å². The molecule has 2 N–H and O–H groups in total. The Kier molecular flexibility index (Phi) is 4.82. The second-order valence-corrected chi connectivity index (χ2v) is 6.23. The molecule has 0 spiro atoms. The minimum absolute atomic E-state index is 0.0805. The molecule has 0 aliphatic carbocycles. The fraction of sp³-hybridized carbons (Fsp3) is 0.600. The van der Waals surface area contributed by atoms with Gasteiger partial charge < -0.3 is 5.73 Å². The molecular formula is C15H22ClFN2. The van der Waals surface area contributed by atoms with Gasteiger partial charge in [0.15, 0.2) is 0 Å². The number of hydrogen-bond acceptors (Lipinski definition) is 2. The normalized spacial score (nSPS) is 26.4. The zero-order chi connectivity index (χ0) is 14.0. The number of likely N-dealkylation sites (tertiary alicyclic amines) is 1. The van der Waals surface area contributed by atoms with Gasteiger partial charge in [0.1, 0.15) is 5.82 Å². The molecule has 2 nitrogen and oxygen atoms in total. The van der Waals surface area contributed by atoms with Gasteiger partial charge in [-0.1, -0.05) is 31.5 Å². The molecule has 0 radical (unpaired) electrons. The van der Waals surface area contributed by atoms with Crippen LogP contribution in [0.2, 0.25) is 5.02 Å². The van der Waals surface area contributed by atoms with E-state index >= 15 is 0 Å². The Morgan fingerprint density at radius 1 is 1.37 bits per heavy atom. The third kappa shape index (κ3) is 3.47. The number of nitrogens with two attached hydrogens (primary N) is 1. The van der Waals surface area contributed by atoms with Crippen molar-refractivity contribution in [2.24, 2.45) is 17.6 Å². The van der Waals surface area contributed by atoms with Gasteiger partial charge in [-0.15, -0.1) is 0 Å². The quantitative estimate of drug-likeness (QED) is 0.921. The van der Waals surface area contributed by atoms with Gasteiger partial charge in [-0.2, -0.15) is 0 Å². The van der Waals surface area contributed by atoms with Crippen molar-refractivity contribution in [1.82, 2.24) is 4.90 Å². The van der Waals surface area contributed by atoms with Crippen LogP contribution >= 0.6 is 11.6 Å². The van der Waals surface area contributed by atoms with Gasteiger partial charge in [0.05, 0.1) is 5.02 Å². The molecule has 1 fully saturated rings. The highest BCUT2D eigenvalue weighted by Crippen LogP contribution is 2.30. The first-order valence-electron chi connectivity index (χ1n) is 6.90. The average molecular weight is 285 g/mol. The van der Waals surface area contributed by atoms with E-state index in [1.807, 2.05) is 6.07 Å². The fourth-order valence-corrected chi connectivity index (χ4v) is 3.30. The first kappa shape index (κ1) is 14.8. The van der Waals surface area contributed by atoms with Gasteiger partial charge in [-0.05, 0) is 36.0 Å². The highest BCUT2D eigenvalue weighted by atomic mass is 35.5. The van der Waals surface area contributed by atoms with Gasteiger partial charge >= 0.3 is 0 Å². The Labute approximate surface area is 119 Å². The van der Waals surface area contributed by atoms with Crippen LogP contribution in [-0.4, -0.2) is 24.5 Å². The Morgan fingerprint density at radius 2 is 2.00 bits per heavy atom. The van der Waals surface area contributed by atoms with Gasteiger partial charge in [0, 0.05) is 25.7 Å². The number of hydrogen-bond donors (Lipinski definition) is 1. The van der Waals surface area contributed by atoms with Crippen LogP contribution in [0.5, 0.6) is 0 Å². The average Bonchev–Trinajstić information content (AvgIpc) is 2.33. The maximum absolute atomic E-state index is 13.6. The molecule has 19 heavy (non-hydrogen) atoms. The van der Waals surface area contributed by atoms with Gasteiger partial charge in [0.25, 0.3) is 0 Å². The molecule has 1 aromatic rings. The molecular weight excluding hydrogens is 263 g/mol. The molecule has 3 atom stereocenters. The summed E-state index contributed by atoms with van der Waals surface area (Å²) >= 11 is 5.74. The second kappa shape index (κ2) is 6.21. The molecule has 1 aliphatic heterocycles. The fourth-order valence-electron chi connectivity index (χ4n) is 3.18. The number of nitrogens with zero attached hydrogens (tertiary/aromatic N) is 1. The summed E-state index contributed by atoms with van der Waals surface area (Å²) in [6.07, 6.45) is 1.25. The summed E-state index contributed by atoms with van der Waals surface area (Å²) in [5.41, 5.74) is 6.84. The second-order valence-electron chi connectivity index (χ2n) is 5.82. The Hall–Kier alpha value is -0.640. The molecule has 0 aromatic heterocycles. The molecule has 1 aromatic carbocycles. The number of piperidine rings is 1. The van der Waals surface area contributed by atoms with E-state index in [-0.39, 0.29) is 16.9 Å². The molecule has 4 heteroatoms. The highest BCUT2D eigenvalue weighted by Gasteiger charge is 2.27. The molecule has 106 valence electrons. The van der Waals surface area contributed by atoms with Crippen LogP contribution in [0.3, 0.4) is 0 Å². The first-order chi connectivity index (χ1) is 9.01. The number of benzene rings is 1. The van der Waals surface area contributed by atoms with Crippen molar-refractivity contribution in [1.29, 1.82) is 0 Å². The lowest BCUT2D eigenvalue weighted by atomic mass is 9.89. The van der Waals surface area contributed by atoms with Crippen LogP contribution in [0.15, 0.2) is 18.2 Å². The lowest BCUT2D eigenvalue weighted by molar-refractivity contribution is 0.0983. The van der Waals surface area contributed by atoms with Gasteiger partial charge in [-0.25, -0.2) is 4.39 Å². The Balaban J connectivity index is 2.21. The van der Waals surface area contributed by atoms with Crippen molar-refractivity contribution in [3.05, 3.63) is 34.6 Å². The molecule has 0 amide bonds. The molecule has 3 unspecified atom stereocenters. The predicted octanol–water partition coefficient (Wildman–Crippen LogP) is 3.46. The van der Waals surface area contributed by atoms with E-state index in [1.54, 1.807) is 6.07 Å². The summed E-state index contributed by atoms with van der Waals surface area (Å²) in [5, 5.41) is 0.167. The Morgan fingerprint density at radius 3 is 2.53 bits per heavy atom. The van der Waals surface area contributed by atoms with E-state index in [0.717, 1.165) is 18.7 Å². The zero-order valence-electron chi connectivity index (χ0n) is 11.6. The summed E-state index contributed by atoms with van der Waals surface area (Å²) in [6, 6.07) is 5.10. The Bertz CT molecular complexity index is 428. The molecule has 1 saturated heterocycles. The first-order valence-corrected chi connectivity index (χ1v) is 7.28. The number of halogens is 2. The van der Waals surface area contributed by atoms with E-state index in [1.165, 1.54) is 12.5 Å². The van der Waals surface area contributed by atoms with Crippen molar-refractivity contribution in [3.8, 4) is 0 Å². The maximum atomic E-state index is 13.6. The highest BCUT2D eigenvalue weighted by molar-refractivity contribution is 6.30. The van der Waals surface area contributed by atoms with Crippen molar-refractivity contribution in [2.75, 3.05) is 19.6 Å². The van der Waals surface area contributed by atoms with Crippen LogP contribution in [-0.2, 0) is 0 Å². The molecule has 0 saturated carbocycles. The van der Waals surface area contributed by atoms with Crippen molar-refractivity contribution in [3.63, 3.8) is 0 Å². The van der Waals surface area contributed by atoms with Crippen LogP contribution in [0.1, 0.15) is 31.9 Å². The summed E-state index contributed by atoms with van der Waals surface area (Å²) in [4.78, 5) is 2.38. The largest absolute Gasteiger partial charge is 0.329 e. The minimum atomic E-state index is -0.365. The van der Waals surface area contributed by atoms with E-state index < -0.39 is 0 Å². The summed E-state index contributed by atoms with van der Waals surface area (Å²) in [7, 11) is 0. The minimum Gasteiger partial charge on any atom is -0.329 e. The third-order valence-corrected chi connectivity index (χ3v) is 4.20. The molecule has 2 rings (SSSR count). The van der Waals surface area contributed by atoms with Gasteiger partial charge in [-0.3, -0.25) is 4.90 Å². The van der Waals surface area contributed by atoms with E-state index in [0.29, 0.717) is 18.4 Å². The molecule has 0 bridgehead atoms. The van der Waals surface area contributed by atoms with E-state index in [4.69, 9.17) is 17.3 Å². The lowest BCUT2D eigenvalue weighted by Crippen LogP contribution is -2.43. The summed E-state index contributed by atoms with van der Waals surface area (Å²) in [5.74, 6) is 0.959. The van der Waals surface area contributed by atoms with Gasteiger partial charge in [0.2, 0.25) is 0 Å². The van der Waals surface area contributed by atoms with Crippen LogP contribution in [0.25, 0.3) is 0 Å². The molecule has 1 aliphatic rings. The van der Waals surface area contributed by atoms with Crippen molar-refractivity contribution >= 4 is 11.6 Å². The third-order valence-electron chi connectivity index (χ3n) is 3.89. The van der Waals surface area contributed by atoms with Crippen LogP contribution in [0, 0.1) is 17.7 Å². The van der Waals surface area contributed by atoms with E-state index in [2.05, 4.69) is 18.7 Å². The zero-order valence-corrected chi connectivity index (χ0v) is 12.3. The number of rotatable bonds is 3. The maximum Gasteiger partial charge on any atom is 0.142 e. The summed E-state index contributed by atoms with van der Waals surface area (Å²) < 4.78 is 13.6. The van der Waals surface area contributed by atoms with Crippen LogP contribution < -0.4 is 5.73 Å². The SMILES string of the molecule is CC1CC(C)CN(C(CN)c2ccc(Cl)c(F)c2)C1. The molecule has 1 heterocycles. The predicted molar refractivity (Wildman–Crippen MR) is 77.7 cm³/mol. The smallest absolute Gasteiger partial charge is 0.142 e. The monoisotopic (exact) mass is 284 g/mol. The van der Waals surface area contributed by atoms with E-state index in [9.17, 15) is 4.39 Å².